The number of alkyl halides is 2. The molecule has 6 nitrogen and oxygen atoms in total. The van der Waals surface area contributed by atoms with Crippen molar-refractivity contribution in [2.24, 2.45) is 0 Å². The molecule has 0 aromatic heterocycles. The van der Waals surface area contributed by atoms with Gasteiger partial charge in [-0.05, 0) is 0 Å². The monoisotopic (exact) mass is 388 g/mol. The third kappa shape index (κ3) is 12.3. The molecule has 0 saturated carbocycles. The van der Waals surface area contributed by atoms with Crippen LogP contribution < -0.4 is 10.6 Å². The maximum absolute atomic E-state index is 10.8. The van der Waals surface area contributed by atoms with E-state index in [-0.39, 0.29) is 11.8 Å². The van der Waals surface area contributed by atoms with Gasteiger partial charge < -0.3 is 20.1 Å². The molecule has 2 amide bonds. The first-order chi connectivity index (χ1) is 8.70. The minimum Gasteiger partial charge on any atom is -0.377 e. The van der Waals surface area contributed by atoms with Crippen LogP contribution in [0.15, 0.2) is 0 Å². The summed E-state index contributed by atoms with van der Waals surface area (Å²) in [5.74, 6) is -0.116. The zero-order chi connectivity index (χ0) is 13.6. The molecule has 0 aliphatic heterocycles. The van der Waals surface area contributed by atoms with Gasteiger partial charge in [-0.15, -0.1) is 0 Å². The lowest BCUT2D eigenvalue weighted by atomic mass is 10.6. The molecular weight excluding hydrogens is 372 g/mol. The van der Waals surface area contributed by atoms with Crippen molar-refractivity contribution in [2.75, 3.05) is 50.2 Å². The zero-order valence-electron chi connectivity index (χ0n) is 10.0. The minimum absolute atomic E-state index is 0.0580. The summed E-state index contributed by atoms with van der Waals surface area (Å²) in [4.78, 5) is 21.6. The highest BCUT2D eigenvalue weighted by Gasteiger charge is 1.97. The fourth-order valence-corrected chi connectivity index (χ4v) is 1.34. The lowest BCUT2D eigenvalue weighted by Crippen LogP contribution is -2.29. The molecule has 0 rings (SSSR count). The van der Waals surface area contributed by atoms with Crippen molar-refractivity contribution in [3.05, 3.63) is 0 Å². The number of carbonyl (C=O) groups is 2. The summed E-state index contributed by atoms with van der Waals surface area (Å²) in [6, 6.07) is 0. The molecule has 0 heterocycles. The van der Waals surface area contributed by atoms with Crippen LogP contribution in [0.3, 0.4) is 0 Å². The fraction of sp³-hybridized carbons (Fsp3) is 0.800. The summed E-state index contributed by atoms with van der Waals surface area (Å²) in [6.45, 7) is 2.84. The van der Waals surface area contributed by atoms with E-state index in [1.165, 1.54) is 0 Å². The van der Waals surface area contributed by atoms with Gasteiger partial charge in [-0.25, -0.2) is 0 Å². The van der Waals surface area contributed by atoms with Crippen LogP contribution in [0.25, 0.3) is 0 Å². The average Bonchev–Trinajstić information content (AvgIpc) is 2.40. The smallest absolute Gasteiger partial charge is 0.230 e. The number of amides is 2. The maximum atomic E-state index is 10.8. The lowest BCUT2D eigenvalue weighted by molar-refractivity contribution is -0.119. The van der Waals surface area contributed by atoms with Gasteiger partial charge in [0.05, 0.1) is 37.1 Å². The predicted octanol–water partition coefficient (Wildman–Crippen LogP) is 0.0418. The number of carbonyl (C=O) groups excluding carboxylic acids is 2. The number of rotatable bonds is 11. The number of hydrogen-bond donors (Lipinski definition) is 2. The molecular formula is C10H18Br2N2O4. The second-order valence-corrected chi connectivity index (χ2v) is 4.31. The summed E-state index contributed by atoms with van der Waals surface area (Å²) >= 11 is 6.08. The Balaban J connectivity index is 3.07. The summed E-state index contributed by atoms with van der Waals surface area (Å²) in [7, 11) is 0. The first-order valence-corrected chi connectivity index (χ1v) is 7.75. The molecule has 8 heteroatoms. The van der Waals surface area contributed by atoms with Crippen LogP contribution in [0.2, 0.25) is 0 Å². The molecule has 0 unspecified atom stereocenters. The largest absolute Gasteiger partial charge is 0.377 e. The van der Waals surface area contributed by atoms with Gasteiger partial charge >= 0.3 is 0 Å². The quantitative estimate of drug-likeness (QED) is 0.386. The van der Waals surface area contributed by atoms with Crippen LogP contribution in [-0.2, 0) is 19.1 Å². The van der Waals surface area contributed by atoms with Crippen molar-refractivity contribution in [1.29, 1.82) is 0 Å². The van der Waals surface area contributed by atoms with E-state index in [1.807, 2.05) is 0 Å². The van der Waals surface area contributed by atoms with Crippen LogP contribution in [0.1, 0.15) is 0 Å². The van der Waals surface area contributed by atoms with Crippen LogP contribution in [-0.4, -0.2) is 62.0 Å². The molecule has 0 bridgehead atoms. The molecule has 0 saturated heterocycles. The van der Waals surface area contributed by atoms with Crippen molar-refractivity contribution in [3.8, 4) is 0 Å². The normalized spacial score (nSPS) is 10.1. The number of nitrogens with one attached hydrogen (secondary N) is 2. The first kappa shape index (κ1) is 17.8. The third-order valence-corrected chi connectivity index (χ3v) is 2.77. The van der Waals surface area contributed by atoms with Crippen molar-refractivity contribution >= 4 is 43.7 Å². The summed E-state index contributed by atoms with van der Waals surface area (Å²) in [6.07, 6.45) is 0. The van der Waals surface area contributed by atoms with Gasteiger partial charge in [0.1, 0.15) is 0 Å². The Morgan fingerprint density at radius 1 is 0.778 bits per heavy atom. The van der Waals surface area contributed by atoms with Crippen LogP contribution in [0, 0.1) is 0 Å². The van der Waals surface area contributed by atoms with Crippen LogP contribution in [0.5, 0.6) is 0 Å². The first-order valence-electron chi connectivity index (χ1n) is 5.51. The maximum Gasteiger partial charge on any atom is 0.230 e. The Hall–Kier alpha value is -0.180. The molecule has 0 radical (unpaired) electrons. The van der Waals surface area contributed by atoms with E-state index in [4.69, 9.17) is 9.47 Å². The highest BCUT2D eigenvalue weighted by Crippen LogP contribution is 1.81. The molecule has 18 heavy (non-hydrogen) atoms. The predicted molar refractivity (Wildman–Crippen MR) is 75.2 cm³/mol. The lowest BCUT2D eigenvalue weighted by Gasteiger charge is -2.07. The fourth-order valence-electron chi connectivity index (χ4n) is 0.942. The molecule has 0 fully saturated rings. The SMILES string of the molecule is O=C(CBr)NCCOCCOCCNC(=O)CBr. The highest BCUT2D eigenvalue weighted by molar-refractivity contribution is 9.09. The Morgan fingerprint density at radius 2 is 1.17 bits per heavy atom. The van der Waals surface area contributed by atoms with E-state index in [1.54, 1.807) is 0 Å². The van der Waals surface area contributed by atoms with Crippen LogP contribution in [0.4, 0.5) is 0 Å². The van der Waals surface area contributed by atoms with E-state index in [0.717, 1.165) is 0 Å². The molecule has 0 spiro atoms. The molecule has 0 aliphatic carbocycles. The third-order valence-electron chi connectivity index (χ3n) is 1.75. The van der Waals surface area contributed by atoms with E-state index >= 15 is 0 Å². The van der Waals surface area contributed by atoms with Gasteiger partial charge in [-0.2, -0.15) is 0 Å². The standard InChI is InChI=1S/C10H18Br2N2O4/c11-7-9(15)13-1-3-17-5-6-18-4-2-14-10(16)8-12/h1-8H2,(H,13,15)(H,14,16). The zero-order valence-corrected chi connectivity index (χ0v) is 13.2. The number of hydrogen-bond acceptors (Lipinski definition) is 4. The molecule has 0 atom stereocenters. The molecule has 0 aliphatic rings. The van der Waals surface area contributed by atoms with Crippen molar-refractivity contribution < 1.29 is 19.1 Å². The Kier molecular flexibility index (Phi) is 13.1. The number of halogens is 2. The minimum atomic E-state index is -0.0580. The van der Waals surface area contributed by atoms with Crippen molar-refractivity contribution in [2.45, 2.75) is 0 Å². The highest BCUT2D eigenvalue weighted by atomic mass is 79.9. The van der Waals surface area contributed by atoms with Gasteiger partial charge in [-0.3, -0.25) is 9.59 Å². The molecule has 0 aromatic carbocycles. The molecule has 2 N–H and O–H groups in total. The Labute approximate surface area is 123 Å². The van der Waals surface area contributed by atoms with E-state index in [9.17, 15) is 9.59 Å². The van der Waals surface area contributed by atoms with E-state index in [0.29, 0.717) is 50.2 Å². The van der Waals surface area contributed by atoms with Gasteiger partial charge in [0.25, 0.3) is 0 Å². The number of ether oxygens (including phenoxy) is 2. The van der Waals surface area contributed by atoms with E-state index in [2.05, 4.69) is 42.5 Å². The summed E-state index contributed by atoms with van der Waals surface area (Å²) < 4.78 is 10.5. The average molecular weight is 390 g/mol. The van der Waals surface area contributed by atoms with Gasteiger partial charge in [0.2, 0.25) is 11.8 Å². The topological polar surface area (TPSA) is 76.7 Å². The summed E-state index contributed by atoms with van der Waals surface area (Å²) in [5.41, 5.74) is 0. The Bertz CT molecular complexity index is 218. The van der Waals surface area contributed by atoms with Gasteiger partial charge in [0.15, 0.2) is 0 Å². The van der Waals surface area contributed by atoms with Crippen molar-refractivity contribution in [3.63, 3.8) is 0 Å². The molecule has 106 valence electrons. The molecule has 0 aromatic rings. The Morgan fingerprint density at radius 3 is 1.50 bits per heavy atom. The van der Waals surface area contributed by atoms with Crippen molar-refractivity contribution in [1.82, 2.24) is 10.6 Å². The van der Waals surface area contributed by atoms with Gasteiger partial charge in [0, 0.05) is 13.1 Å². The second kappa shape index (κ2) is 13.3. The van der Waals surface area contributed by atoms with Gasteiger partial charge in [-0.1, -0.05) is 31.9 Å². The van der Waals surface area contributed by atoms with E-state index < -0.39 is 0 Å². The van der Waals surface area contributed by atoms with Crippen LogP contribution >= 0.6 is 31.9 Å². The second-order valence-electron chi connectivity index (χ2n) is 3.19. The summed E-state index contributed by atoms with van der Waals surface area (Å²) in [5, 5.41) is 5.92.